The van der Waals surface area contributed by atoms with Crippen molar-refractivity contribution in [2.75, 3.05) is 14.2 Å². The van der Waals surface area contributed by atoms with Gasteiger partial charge in [-0.1, -0.05) is 19.3 Å². The van der Waals surface area contributed by atoms with Crippen LogP contribution in [0.1, 0.15) is 42.5 Å². The normalized spacial score (nSPS) is 21.1. The lowest BCUT2D eigenvalue weighted by molar-refractivity contribution is -0.142. The van der Waals surface area contributed by atoms with Gasteiger partial charge in [-0.15, -0.1) is 0 Å². The van der Waals surface area contributed by atoms with Gasteiger partial charge in [-0.3, -0.25) is 9.59 Å². The summed E-state index contributed by atoms with van der Waals surface area (Å²) in [7, 11) is 3.03. The molecule has 0 unspecified atom stereocenters. The molecule has 6 heteroatoms. The van der Waals surface area contributed by atoms with Crippen LogP contribution in [-0.2, 0) is 4.79 Å². The lowest BCUT2D eigenvalue weighted by Gasteiger charge is -2.23. The number of ether oxygens (including phenoxy) is 2. The molecule has 0 saturated heterocycles. The quantitative estimate of drug-likeness (QED) is 0.814. The Hall–Kier alpha value is -2.24. The number of carbonyl (C=O) groups is 2. The van der Waals surface area contributed by atoms with Crippen LogP contribution in [0.5, 0.6) is 11.5 Å². The zero-order valence-corrected chi connectivity index (χ0v) is 13.5. The summed E-state index contributed by atoms with van der Waals surface area (Å²) in [5.74, 6) is -0.645. The molecule has 1 aliphatic carbocycles. The minimum Gasteiger partial charge on any atom is -0.493 e. The maximum Gasteiger partial charge on any atom is 0.308 e. The van der Waals surface area contributed by atoms with Gasteiger partial charge in [0.25, 0.3) is 5.91 Å². The molecule has 0 aromatic heterocycles. The topological polar surface area (TPSA) is 84.9 Å². The lowest BCUT2D eigenvalue weighted by Crippen LogP contribution is -2.42. The number of carboxylic acid groups (broad SMARTS) is 1. The van der Waals surface area contributed by atoms with Gasteiger partial charge >= 0.3 is 5.97 Å². The minimum absolute atomic E-state index is 0.288. The first-order chi connectivity index (χ1) is 11.1. The van der Waals surface area contributed by atoms with Crippen molar-refractivity contribution in [1.29, 1.82) is 0 Å². The molecule has 2 atom stereocenters. The van der Waals surface area contributed by atoms with Crippen LogP contribution in [0.15, 0.2) is 18.2 Å². The highest BCUT2D eigenvalue weighted by Gasteiger charge is 2.30. The molecule has 1 aromatic carbocycles. The maximum atomic E-state index is 12.5. The average Bonchev–Trinajstić information content (AvgIpc) is 2.79. The first-order valence-electron chi connectivity index (χ1n) is 7.82. The van der Waals surface area contributed by atoms with Gasteiger partial charge in [0, 0.05) is 11.6 Å². The number of aliphatic carboxylic acids is 1. The summed E-state index contributed by atoms with van der Waals surface area (Å²) in [5.41, 5.74) is 0.427. The number of methoxy groups -OCH3 is 2. The predicted octanol–water partition coefficient (Wildman–Crippen LogP) is 2.47. The van der Waals surface area contributed by atoms with Crippen LogP contribution in [0, 0.1) is 5.92 Å². The molecule has 1 saturated carbocycles. The standard InChI is InChI=1S/C17H23NO5/c1-22-14-9-8-11(10-15(14)23-2)16(19)18-13-7-5-3-4-6-12(13)17(20)21/h8-10,12-13H,3-7H2,1-2H3,(H,18,19)(H,20,21)/t12-,13+/m1/s1. The number of hydrogen-bond donors (Lipinski definition) is 2. The summed E-state index contributed by atoms with van der Waals surface area (Å²) in [6.07, 6.45) is 4.12. The molecule has 1 fully saturated rings. The van der Waals surface area contributed by atoms with Crippen LogP contribution in [-0.4, -0.2) is 37.2 Å². The van der Waals surface area contributed by atoms with Crippen molar-refractivity contribution >= 4 is 11.9 Å². The summed E-state index contributed by atoms with van der Waals surface area (Å²) in [6, 6.07) is 4.56. The zero-order chi connectivity index (χ0) is 16.8. The first kappa shape index (κ1) is 17.1. The molecule has 0 heterocycles. The lowest BCUT2D eigenvalue weighted by atomic mass is 9.94. The predicted molar refractivity (Wildman–Crippen MR) is 85.0 cm³/mol. The van der Waals surface area contributed by atoms with Crippen LogP contribution in [0.25, 0.3) is 0 Å². The molecule has 1 aliphatic rings. The van der Waals surface area contributed by atoms with E-state index >= 15 is 0 Å². The molecule has 2 N–H and O–H groups in total. The molecule has 1 aromatic rings. The Bertz CT molecular complexity index is 572. The van der Waals surface area contributed by atoms with Crippen molar-refractivity contribution < 1.29 is 24.2 Å². The van der Waals surface area contributed by atoms with Gasteiger partial charge < -0.3 is 19.9 Å². The number of hydrogen-bond acceptors (Lipinski definition) is 4. The zero-order valence-electron chi connectivity index (χ0n) is 13.5. The fourth-order valence-corrected chi connectivity index (χ4v) is 3.01. The van der Waals surface area contributed by atoms with E-state index in [0.29, 0.717) is 29.9 Å². The highest BCUT2D eigenvalue weighted by Crippen LogP contribution is 2.28. The SMILES string of the molecule is COc1ccc(C(=O)N[C@H]2CCCCC[C@H]2C(=O)O)cc1OC. The second kappa shape index (κ2) is 7.85. The highest BCUT2D eigenvalue weighted by molar-refractivity contribution is 5.95. The number of benzene rings is 1. The Morgan fingerprint density at radius 3 is 2.43 bits per heavy atom. The van der Waals surface area contributed by atoms with Gasteiger partial charge in [-0.05, 0) is 31.0 Å². The second-order valence-corrected chi connectivity index (χ2v) is 5.73. The molecule has 0 aliphatic heterocycles. The van der Waals surface area contributed by atoms with Crippen molar-refractivity contribution in [3.05, 3.63) is 23.8 Å². The molecular formula is C17H23NO5. The van der Waals surface area contributed by atoms with Gasteiger partial charge in [-0.25, -0.2) is 0 Å². The van der Waals surface area contributed by atoms with Crippen molar-refractivity contribution in [1.82, 2.24) is 5.32 Å². The largest absolute Gasteiger partial charge is 0.493 e. The highest BCUT2D eigenvalue weighted by atomic mass is 16.5. The van der Waals surface area contributed by atoms with E-state index in [1.54, 1.807) is 18.2 Å². The fraction of sp³-hybridized carbons (Fsp3) is 0.529. The molecule has 6 nitrogen and oxygen atoms in total. The summed E-state index contributed by atoms with van der Waals surface area (Å²) in [6.45, 7) is 0. The van der Waals surface area contributed by atoms with Crippen LogP contribution in [0.2, 0.25) is 0 Å². The molecular weight excluding hydrogens is 298 g/mol. The van der Waals surface area contributed by atoms with Crippen molar-refractivity contribution in [2.45, 2.75) is 38.1 Å². The second-order valence-electron chi connectivity index (χ2n) is 5.73. The average molecular weight is 321 g/mol. The number of amides is 1. The monoisotopic (exact) mass is 321 g/mol. The van der Waals surface area contributed by atoms with E-state index in [0.717, 1.165) is 19.3 Å². The third-order valence-corrected chi connectivity index (χ3v) is 4.30. The maximum absolute atomic E-state index is 12.5. The van der Waals surface area contributed by atoms with Crippen molar-refractivity contribution in [3.63, 3.8) is 0 Å². The van der Waals surface area contributed by atoms with Crippen LogP contribution >= 0.6 is 0 Å². The van der Waals surface area contributed by atoms with E-state index in [-0.39, 0.29) is 11.9 Å². The molecule has 2 rings (SSSR count). The van der Waals surface area contributed by atoms with Gasteiger partial charge in [0.05, 0.1) is 20.1 Å². The van der Waals surface area contributed by atoms with E-state index in [9.17, 15) is 14.7 Å². The van der Waals surface area contributed by atoms with E-state index in [4.69, 9.17) is 9.47 Å². The van der Waals surface area contributed by atoms with Gasteiger partial charge in [0.2, 0.25) is 0 Å². The van der Waals surface area contributed by atoms with Crippen LogP contribution in [0.3, 0.4) is 0 Å². The van der Waals surface area contributed by atoms with Crippen LogP contribution < -0.4 is 14.8 Å². The van der Waals surface area contributed by atoms with E-state index in [1.807, 2.05) is 0 Å². The van der Waals surface area contributed by atoms with Gasteiger partial charge in [-0.2, -0.15) is 0 Å². The van der Waals surface area contributed by atoms with Crippen molar-refractivity contribution in [3.8, 4) is 11.5 Å². The Morgan fingerprint density at radius 2 is 1.78 bits per heavy atom. The summed E-state index contributed by atoms with van der Waals surface area (Å²) >= 11 is 0. The molecule has 0 spiro atoms. The fourth-order valence-electron chi connectivity index (χ4n) is 3.01. The third-order valence-electron chi connectivity index (χ3n) is 4.30. The number of nitrogens with one attached hydrogen (secondary N) is 1. The number of carbonyl (C=O) groups excluding carboxylic acids is 1. The number of carboxylic acids is 1. The summed E-state index contributed by atoms with van der Waals surface area (Å²) in [5, 5.41) is 12.3. The van der Waals surface area contributed by atoms with Gasteiger partial charge in [0.15, 0.2) is 11.5 Å². The molecule has 0 bridgehead atoms. The molecule has 0 radical (unpaired) electrons. The Morgan fingerprint density at radius 1 is 1.09 bits per heavy atom. The number of rotatable bonds is 5. The minimum atomic E-state index is -0.843. The van der Waals surface area contributed by atoms with E-state index < -0.39 is 11.9 Å². The Balaban J connectivity index is 2.14. The third kappa shape index (κ3) is 4.15. The van der Waals surface area contributed by atoms with Crippen LogP contribution in [0.4, 0.5) is 0 Å². The smallest absolute Gasteiger partial charge is 0.308 e. The first-order valence-corrected chi connectivity index (χ1v) is 7.82. The Labute approximate surface area is 135 Å². The van der Waals surface area contributed by atoms with Gasteiger partial charge in [0.1, 0.15) is 0 Å². The molecule has 23 heavy (non-hydrogen) atoms. The summed E-state index contributed by atoms with van der Waals surface area (Å²) in [4.78, 5) is 23.9. The summed E-state index contributed by atoms with van der Waals surface area (Å²) < 4.78 is 10.3. The molecule has 126 valence electrons. The van der Waals surface area contributed by atoms with E-state index in [1.165, 1.54) is 14.2 Å². The van der Waals surface area contributed by atoms with E-state index in [2.05, 4.69) is 5.32 Å². The Kier molecular flexibility index (Phi) is 5.84. The van der Waals surface area contributed by atoms with Crippen molar-refractivity contribution in [2.24, 2.45) is 5.92 Å². The molecule has 1 amide bonds.